The molecular formula is C10H13BrN4O. The number of nitrogens with two attached hydrogens (primary N) is 1. The van der Waals surface area contributed by atoms with Crippen molar-refractivity contribution < 1.29 is 0 Å². The summed E-state index contributed by atoms with van der Waals surface area (Å²) in [6.07, 6.45) is 1.77. The van der Waals surface area contributed by atoms with E-state index in [1.165, 1.54) is 0 Å². The summed E-state index contributed by atoms with van der Waals surface area (Å²) < 4.78 is 2.45. The third-order valence-corrected chi connectivity index (χ3v) is 2.94. The van der Waals surface area contributed by atoms with Crippen molar-refractivity contribution in [2.45, 2.75) is 20.4 Å². The standard InChI is InChI=1S/C10H13BrN4O/c1-5(2)3-15-4-6(11)8-7(10(15)16)9(12)14-13-8/h4-5H,3H2,1-2H3,(H3,12,13,14). The van der Waals surface area contributed by atoms with Crippen LogP contribution < -0.4 is 11.3 Å². The highest BCUT2D eigenvalue weighted by atomic mass is 79.9. The molecule has 0 spiro atoms. The fraction of sp³-hybridized carbons (Fsp3) is 0.400. The van der Waals surface area contributed by atoms with Gasteiger partial charge < -0.3 is 10.3 Å². The molecule has 86 valence electrons. The van der Waals surface area contributed by atoms with E-state index in [1.807, 2.05) is 0 Å². The molecule has 6 heteroatoms. The summed E-state index contributed by atoms with van der Waals surface area (Å²) in [5, 5.41) is 7.04. The van der Waals surface area contributed by atoms with Gasteiger partial charge in [-0.2, -0.15) is 5.10 Å². The Labute approximate surface area is 101 Å². The lowest BCUT2D eigenvalue weighted by atomic mass is 10.2. The fourth-order valence-electron chi connectivity index (χ4n) is 1.68. The number of hydrogen-bond acceptors (Lipinski definition) is 3. The van der Waals surface area contributed by atoms with Crippen LogP contribution in [0.2, 0.25) is 0 Å². The smallest absolute Gasteiger partial charge is 0.263 e. The van der Waals surface area contributed by atoms with Crippen LogP contribution in [0, 0.1) is 5.92 Å². The maximum Gasteiger partial charge on any atom is 0.263 e. The summed E-state index contributed by atoms with van der Waals surface area (Å²) >= 11 is 3.40. The molecule has 0 saturated carbocycles. The van der Waals surface area contributed by atoms with Gasteiger partial charge in [0.15, 0.2) is 5.82 Å². The molecule has 0 bridgehead atoms. The molecule has 0 atom stereocenters. The van der Waals surface area contributed by atoms with Crippen LogP contribution in [0.4, 0.5) is 5.82 Å². The van der Waals surface area contributed by atoms with Crippen molar-refractivity contribution in [3.05, 3.63) is 21.0 Å². The quantitative estimate of drug-likeness (QED) is 0.882. The number of aromatic amines is 1. The van der Waals surface area contributed by atoms with Crippen molar-refractivity contribution >= 4 is 32.7 Å². The van der Waals surface area contributed by atoms with Crippen LogP contribution in [0.5, 0.6) is 0 Å². The number of H-pyrrole nitrogens is 1. The van der Waals surface area contributed by atoms with Crippen molar-refractivity contribution in [2.75, 3.05) is 5.73 Å². The van der Waals surface area contributed by atoms with Gasteiger partial charge in [-0.15, -0.1) is 0 Å². The molecular weight excluding hydrogens is 272 g/mol. The minimum absolute atomic E-state index is 0.0989. The molecule has 0 unspecified atom stereocenters. The normalized spacial score (nSPS) is 11.5. The zero-order valence-electron chi connectivity index (χ0n) is 9.12. The van der Waals surface area contributed by atoms with Gasteiger partial charge in [-0.3, -0.25) is 9.89 Å². The molecule has 2 aromatic heterocycles. The summed E-state index contributed by atoms with van der Waals surface area (Å²) in [5.41, 5.74) is 6.23. The van der Waals surface area contributed by atoms with E-state index in [0.717, 1.165) is 4.47 Å². The third kappa shape index (κ3) is 1.73. The van der Waals surface area contributed by atoms with Crippen LogP contribution in [0.3, 0.4) is 0 Å². The molecule has 0 saturated heterocycles. The van der Waals surface area contributed by atoms with E-state index in [4.69, 9.17) is 5.73 Å². The number of rotatable bonds is 2. The second kappa shape index (κ2) is 3.93. The lowest BCUT2D eigenvalue weighted by Crippen LogP contribution is -2.22. The maximum atomic E-state index is 12.1. The SMILES string of the molecule is CC(C)Cn1cc(Br)c2[nH]nc(N)c2c1=O. The molecule has 2 heterocycles. The van der Waals surface area contributed by atoms with Crippen molar-refractivity contribution in [1.29, 1.82) is 0 Å². The van der Waals surface area contributed by atoms with E-state index < -0.39 is 0 Å². The van der Waals surface area contributed by atoms with Gasteiger partial charge in [0.05, 0.1) is 9.99 Å². The fourth-order valence-corrected chi connectivity index (χ4v) is 2.21. The first-order chi connectivity index (χ1) is 7.50. The average molecular weight is 285 g/mol. The first-order valence-corrected chi connectivity index (χ1v) is 5.82. The zero-order valence-corrected chi connectivity index (χ0v) is 10.7. The van der Waals surface area contributed by atoms with Crippen molar-refractivity contribution in [3.8, 4) is 0 Å². The van der Waals surface area contributed by atoms with Crippen LogP contribution in [0.25, 0.3) is 10.9 Å². The molecule has 0 aromatic carbocycles. The molecule has 0 amide bonds. The first-order valence-electron chi connectivity index (χ1n) is 5.03. The average Bonchev–Trinajstić information content (AvgIpc) is 2.56. The second-order valence-corrected chi connectivity index (χ2v) is 5.04. The second-order valence-electron chi connectivity index (χ2n) is 4.19. The monoisotopic (exact) mass is 284 g/mol. The third-order valence-electron chi connectivity index (χ3n) is 2.34. The summed E-state index contributed by atoms with van der Waals surface area (Å²) in [6.45, 7) is 4.78. The molecule has 0 radical (unpaired) electrons. The lowest BCUT2D eigenvalue weighted by Gasteiger charge is -2.09. The highest BCUT2D eigenvalue weighted by Gasteiger charge is 2.13. The highest BCUT2D eigenvalue weighted by molar-refractivity contribution is 9.10. The van der Waals surface area contributed by atoms with Gasteiger partial charge in [0.2, 0.25) is 0 Å². The van der Waals surface area contributed by atoms with Crippen molar-refractivity contribution in [3.63, 3.8) is 0 Å². The number of nitrogens with one attached hydrogen (secondary N) is 1. The van der Waals surface area contributed by atoms with E-state index in [2.05, 4.69) is 40.0 Å². The predicted octanol–water partition coefficient (Wildman–Crippen LogP) is 1.73. The molecule has 0 aliphatic rings. The highest BCUT2D eigenvalue weighted by Crippen LogP contribution is 2.22. The number of hydrogen-bond donors (Lipinski definition) is 2. The number of aromatic nitrogens is 3. The first kappa shape index (κ1) is 11.2. The topological polar surface area (TPSA) is 76.7 Å². The Morgan fingerprint density at radius 2 is 2.31 bits per heavy atom. The van der Waals surface area contributed by atoms with Crippen molar-refractivity contribution in [1.82, 2.24) is 14.8 Å². The molecule has 0 fully saturated rings. The molecule has 5 nitrogen and oxygen atoms in total. The number of halogens is 1. The molecule has 2 rings (SSSR count). The number of pyridine rings is 1. The van der Waals surface area contributed by atoms with Crippen LogP contribution in [-0.2, 0) is 6.54 Å². The summed E-state index contributed by atoms with van der Waals surface area (Å²) in [4.78, 5) is 12.1. The van der Waals surface area contributed by atoms with Crippen LogP contribution in [0.15, 0.2) is 15.5 Å². The van der Waals surface area contributed by atoms with E-state index >= 15 is 0 Å². The largest absolute Gasteiger partial charge is 0.382 e. The lowest BCUT2D eigenvalue weighted by molar-refractivity contribution is 0.512. The molecule has 0 aliphatic carbocycles. The van der Waals surface area contributed by atoms with Gasteiger partial charge in [-0.25, -0.2) is 0 Å². The van der Waals surface area contributed by atoms with Gasteiger partial charge in [0.25, 0.3) is 5.56 Å². The Hall–Kier alpha value is -1.30. The summed E-state index contributed by atoms with van der Waals surface area (Å²) in [5.74, 6) is 0.647. The van der Waals surface area contributed by atoms with E-state index in [9.17, 15) is 4.79 Å². The number of nitrogen functional groups attached to an aromatic ring is 1. The van der Waals surface area contributed by atoms with Crippen LogP contribution in [0.1, 0.15) is 13.8 Å². The Morgan fingerprint density at radius 1 is 1.62 bits per heavy atom. The van der Waals surface area contributed by atoms with Crippen LogP contribution >= 0.6 is 15.9 Å². The Morgan fingerprint density at radius 3 is 2.94 bits per heavy atom. The zero-order chi connectivity index (χ0) is 11.9. The maximum absolute atomic E-state index is 12.1. The number of fused-ring (bicyclic) bond motifs is 1. The number of nitrogens with zero attached hydrogens (tertiary/aromatic N) is 2. The molecule has 2 aromatic rings. The minimum Gasteiger partial charge on any atom is -0.382 e. The predicted molar refractivity (Wildman–Crippen MR) is 67.3 cm³/mol. The van der Waals surface area contributed by atoms with Gasteiger partial charge in [0, 0.05) is 12.7 Å². The summed E-state index contributed by atoms with van der Waals surface area (Å²) in [7, 11) is 0. The molecule has 3 N–H and O–H groups in total. The van der Waals surface area contributed by atoms with Gasteiger partial charge in [0.1, 0.15) is 5.39 Å². The Kier molecular flexibility index (Phi) is 2.75. The van der Waals surface area contributed by atoms with E-state index in [-0.39, 0.29) is 11.4 Å². The Balaban J connectivity index is 2.74. The van der Waals surface area contributed by atoms with E-state index in [0.29, 0.717) is 23.4 Å². The summed E-state index contributed by atoms with van der Waals surface area (Å²) in [6, 6.07) is 0. The van der Waals surface area contributed by atoms with Crippen molar-refractivity contribution in [2.24, 2.45) is 5.92 Å². The molecule has 0 aliphatic heterocycles. The van der Waals surface area contributed by atoms with E-state index in [1.54, 1.807) is 10.8 Å². The minimum atomic E-state index is -0.0989. The van der Waals surface area contributed by atoms with Crippen LogP contribution in [-0.4, -0.2) is 14.8 Å². The number of anilines is 1. The van der Waals surface area contributed by atoms with Gasteiger partial charge in [-0.1, -0.05) is 13.8 Å². The Bertz CT molecular complexity index is 584. The molecule has 16 heavy (non-hydrogen) atoms. The van der Waals surface area contributed by atoms with Gasteiger partial charge in [-0.05, 0) is 21.8 Å². The van der Waals surface area contributed by atoms with Gasteiger partial charge >= 0.3 is 0 Å².